The molecule has 0 saturated heterocycles. The Morgan fingerprint density at radius 3 is 2.12 bits per heavy atom. The van der Waals surface area contributed by atoms with Crippen LogP contribution in [0.3, 0.4) is 0 Å². The first kappa shape index (κ1) is 29.3. The molecule has 41 heavy (non-hydrogen) atoms. The summed E-state index contributed by atoms with van der Waals surface area (Å²) in [6, 6.07) is 20.8. The number of hydrogen-bond donors (Lipinski definition) is 2. The maximum atomic E-state index is 11.7. The van der Waals surface area contributed by atoms with Gasteiger partial charge in [-0.2, -0.15) is 0 Å². The molecule has 0 amide bonds. The van der Waals surface area contributed by atoms with Gasteiger partial charge in [-0.3, -0.25) is 4.79 Å². The molecule has 9 heteroatoms. The monoisotopic (exact) mass is 561 g/mol. The molecular formula is C32H35NO8. The number of hydrogen-bond acceptors (Lipinski definition) is 7. The zero-order valence-corrected chi connectivity index (χ0v) is 23.0. The molecule has 1 heterocycles. The van der Waals surface area contributed by atoms with Crippen LogP contribution >= 0.6 is 0 Å². The summed E-state index contributed by atoms with van der Waals surface area (Å²) in [4.78, 5) is 24.6. The van der Waals surface area contributed by atoms with Crippen molar-refractivity contribution in [2.75, 3.05) is 38.3 Å². The molecule has 0 fully saturated rings. The largest absolute Gasteiger partial charge is 0.497 e. The first-order valence-electron chi connectivity index (χ1n) is 13.6. The van der Waals surface area contributed by atoms with E-state index in [1.807, 2.05) is 83.8 Å². The molecule has 1 aliphatic rings. The van der Waals surface area contributed by atoms with Crippen LogP contribution in [0.15, 0.2) is 66.7 Å². The van der Waals surface area contributed by atoms with Crippen molar-refractivity contribution >= 4 is 29.8 Å². The number of methoxy groups -OCH3 is 1. The Morgan fingerprint density at radius 2 is 1.51 bits per heavy atom. The fourth-order valence-electron chi connectivity index (χ4n) is 4.41. The van der Waals surface area contributed by atoms with E-state index >= 15 is 0 Å². The third-order valence-corrected chi connectivity index (χ3v) is 6.58. The number of carboxylic acid groups (broad SMARTS) is 2. The summed E-state index contributed by atoms with van der Waals surface area (Å²) in [5, 5.41) is 18.6. The molecule has 2 N–H and O–H groups in total. The number of para-hydroxylation sites is 1. The summed E-state index contributed by atoms with van der Waals surface area (Å²) in [7, 11) is 1.63. The van der Waals surface area contributed by atoms with Crippen LogP contribution < -0.4 is 23.8 Å². The summed E-state index contributed by atoms with van der Waals surface area (Å²) in [6.07, 6.45) is 4.94. The fourth-order valence-corrected chi connectivity index (χ4v) is 4.41. The molecule has 0 aliphatic carbocycles. The molecule has 3 aromatic carbocycles. The third-order valence-electron chi connectivity index (χ3n) is 6.58. The van der Waals surface area contributed by atoms with E-state index in [2.05, 4.69) is 0 Å². The van der Waals surface area contributed by atoms with Crippen molar-refractivity contribution in [2.24, 2.45) is 0 Å². The lowest BCUT2D eigenvalue weighted by Crippen LogP contribution is -2.45. The molecule has 1 atom stereocenters. The average Bonchev–Trinajstić information content (AvgIpc) is 2.98. The predicted molar refractivity (Wildman–Crippen MR) is 156 cm³/mol. The Balaban J connectivity index is 1.29. The van der Waals surface area contributed by atoms with E-state index in [9.17, 15) is 14.7 Å². The summed E-state index contributed by atoms with van der Waals surface area (Å²) >= 11 is 0. The molecule has 0 spiro atoms. The number of anilines is 1. The standard InChI is InChI=1S/C32H35NO8/c1-38-25-15-17-27(18-16-25)40-21-3-2-20-39-26-13-10-23(11-14-26)9-12-24-6-4-7-28-31(24)41-29(32(36)37)22-33(28)19-5-8-30(34)35/h4,6-7,9-18,29H,2-3,5,8,19-22H2,1H3,(H,34,35)(H,36,37). The van der Waals surface area contributed by atoms with Gasteiger partial charge in [0.1, 0.15) is 17.2 Å². The minimum Gasteiger partial charge on any atom is -0.497 e. The van der Waals surface area contributed by atoms with Crippen molar-refractivity contribution in [1.29, 1.82) is 0 Å². The lowest BCUT2D eigenvalue weighted by atomic mass is 10.1. The topological polar surface area (TPSA) is 115 Å². The van der Waals surface area contributed by atoms with E-state index in [0.29, 0.717) is 31.9 Å². The van der Waals surface area contributed by atoms with E-state index in [1.54, 1.807) is 7.11 Å². The number of fused-ring (bicyclic) bond motifs is 1. The number of unbranched alkanes of at least 4 members (excludes halogenated alkanes) is 1. The Kier molecular flexibility index (Phi) is 10.5. The van der Waals surface area contributed by atoms with Crippen LogP contribution in [0.4, 0.5) is 5.69 Å². The maximum Gasteiger partial charge on any atom is 0.346 e. The fraction of sp³-hybridized carbons (Fsp3) is 0.312. The molecule has 4 rings (SSSR count). The Bertz CT molecular complexity index is 1320. The van der Waals surface area contributed by atoms with Gasteiger partial charge in [-0.1, -0.05) is 36.4 Å². The van der Waals surface area contributed by atoms with Gasteiger partial charge in [0.05, 0.1) is 32.6 Å². The Hall–Kier alpha value is -4.66. The van der Waals surface area contributed by atoms with Crippen molar-refractivity contribution in [3.63, 3.8) is 0 Å². The molecule has 216 valence electrons. The van der Waals surface area contributed by atoms with Gasteiger partial charge in [0, 0.05) is 18.5 Å². The number of rotatable bonds is 15. The molecule has 1 aliphatic heterocycles. The van der Waals surface area contributed by atoms with Crippen molar-refractivity contribution in [3.8, 4) is 23.0 Å². The lowest BCUT2D eigenvalue weighted by molar-refractivity contribution is -0.145. The van der Waals surface area contributed by atoms with Gasteiger partial charge in [-0.15, -0.1) is 0 Å². The van der Waals surface area contributed by atoms with Gasteiger partial charge in [-0.25, -0.2) is 4.79 Å². The quantitative estimate of drug-likeness (QED) is 0.180. The van der Waals surface area contributed by atoms with E-state index < -0.39 is 18.0 Å². The van der Waals surface area contributed by atoms with Crippen LogP contribution in [0.1, 0.15) is 36.8 Å². The first-order chi connectivity index (χ1) is 19.9. The van der Waals surface area contributed by atoms with Crippen molar-refractivity contribution in [1.82, 2.24) is 0 Å². The van der Waals surface area contributed by atoms with Crippen molar-refractivity contribution in [3.05, 3.63) is 77.9 Å². The number of carbonyl (C=O) groups is 2. The van der Waals surface area contributed by atoms with E-state index in [0.717, 1.165) is 46.9 Å². The number of benzene rings is 3. The molecule has 0 saturated carbocycles. The van der Waals surface area contributed by atoms with Gasteiger partial charge in [0.15, 0.2) is 5.75 Å². The molecule has 0 aromatic heterocycles. The average molecular weight is 562 g/mol. The first-order valence-corrected chi connectivity index (χ1v) is 13.6. The molecule has 1 unspecified atom stereocenters. The van der Waals surface area contributed by atoms with Crippen LogP contribution in [0.2, 0.25) is 0 Å². The minimum atomic E-state index is -1.06. The van der Waals surface area contributed by atoms with Gasteiger partial charge < -0.3 is 34.1 Å². The van der Waals surface area contributed by atoms with E-state index in [1.165, 1.54) is 0 Å². The molecule has 0 bridgehead atoms. The minimum absolute atomic E-state index is 0.0166. The van der Waals surface area contributed by atoms with Crippen molar-refractivity contribution < 1.29 is 38.7 Å². The van der Waals surface area contributed by atoms with Gasteiger partial charge in [-0.05, 0) is 67.3 Å². The van der Waals surface area contributed by atoms with Crippen LogP contribution in [-0.2, 0) is 9.59 Å². The second-order valence-electron chi connectivity index (χ2n) is 9.57. The van der Waals surface area contributed by atoms with Crippen LogP contribution in [0.25, 0.3) is 12.2 Å². The summed E-state index contributed by atoms with van der Waals surface area (Å²) in [5.41, 5.74) is 2.45. The molecule has 9 nitrogen and oxygen atoms in total. The highest BCUT2D eigenvalue weighted by molar-refractivity contribution is 5.81. The Labute approximate surface area is 239 Å². The van der Waals surface area contributed by atoms with Crippen LogP contribution in [-0.4, -0.2) is 61.7 Å². The summed E-state index contributed by atoms with van der Waals surface area (Å²) in [5.74, 6) is 0.934. The van der Waals surface area contributed by atoms with Gasteiger partial charge in [0.2, 0.25) is 6.10 Å². The van der Waals surface area contributed by atoms with Crippen molar-refractivity contribution in [2.45, 2.75) is 31.8 Å². The molecular weight excluding hydrogens is 526 g/mol. The lowest BCUT2D eigenvalue weighted by Gasteiger charge is -2.35. The zero-order chi connectivity index (χ0) is 29.0. The zero-order valence-electron chi connectivity index (χ0n) is 23.0. The highest BCUT2D eigenvalue weighted by Crippen LogP contribution is 2.38. The van der Waals surface area contributed by atoms with Gasteiger partial charge >= 0.3 is 11.9 Å². The normalized spacial score (nSPS) is 14.3. The van der Waals surface area contributed by atoms with Gasteiger partial charge in [0.25, 0.3) is 0 Å². The second kappa shape index (κ2) is 14.6. The second-order valence-corrected chi connectivity index (χ2v) is 9.57. The highest BCUT2D eigenvalue weighted by Gasteiger charge is 2.31. The predicted octanol–water partition coefficient (Wildman–Crippen LogP) is 5.62. The number of ether oxygens (including phenoxy) is 4. The van der Waals surface area contributed by atoms with Crippen LogP contribution in [0.5, 0.6) is 23.0 Å². The SMILES string of the molecule is COc1ccc(OCCCCOc2ccc(C=Cc3cccc4c3OC(C(=O)O)CN4CCCC(=O)O)cc2)cc1. The van der Waals surface area contributed by atoms with E-state index in [4.69, 9.17) is 24.1 Å². The highest BCUT2D eigenvalue weighted by atomic mass is 16.5. The molecule has 0 radical (unpaired) electrons. The summed E-state index contributed by atoms with van der Waals surface area (Å²) in [6.45, 7) is 1.78. The maximum absolute atomic E-state index is 11.7. The number of nitrogens with zero attached hydrogens (tertiary/aromatic N) is 1. The number of carboxylic acids is 2. The summed E-state index contributed by atoms with van der Waals surface area (Å²) < 4.78 is 22.6. The van der Waals surface area contributed by atoms with Crippen LogP contribution in [0, 0.1) is 0 Å². The number of aliphatic carboxylic acids is 2. The smallest absolute Gasteiger partial charge is 0.346 e. The Morgan fingerprint density at radius 1 is 0.878 bits per heavy atom. The third kappa shape index (κ3) is 8.66. The van der Waals surface area contributed by atoms with E-state index in [-0.39, 0.29) is 13.0 Å². The molecule has 3 aromatic rings.